The second kappa shape index (κ2) is 18.0. The van der Waals surface area contributed by atoms with Crippen LogP contribution >= 0.6 is 0 Å². The van der Waals surface area contributed by atoms with Crippen LogP contribution in [0, 0.1) is 11.8 Å². The first kappa shape index (κ1) is 40.5. The number of epoxide rings is 1. The molecular weight excluding hydrogens is 670 g/mol. The number of aliphatic hydroxyl groups is 5. The number of nitrogens with one attached hydrogen (secondary N) is 1. The molecule has 0 aromatic rings. The van der Waals surface area contributed by atoms with E-state index >= 15 is 0 Å². The molecular formula is C36H51NO14. The molecule has 1 amide bonds. The first-order chi connectivity index (χ1) is 24.1. The van der Waals surface area contributed by atoms with Gasteiger partial charge in [-0.05, 0) is 19.9 Å². The van der Waals surface area contributed by atoms with Crippen LogP contribution in [-0.2, 0) is 38.1 Å². The number of carboxylic acids is 1. The standard InChI is InChI=1S/C36H51NO14/c1-19-11-9-7-5-6-8-10-12-24(49-35-33(43)31(37-22(4)38)32(42)21(3)48-35)16-28-30(34(44)45)25(40)18-36(46,51-28)17-23(39)15-27-26(50-27)13-14-29(41)47-20(19)2/h5-14,19-21,23-28,30-33,35,39-40,42-43,46H,15-18H2,1-4H3,(H,37,38)(H,44,45)/b7-5+,8-6+,11-9+,12-10+,14-13+/t19?,20?,21-,23-,24-,25-,26+,27+,28-,30+,31+,32-,33+,35+,36+/m1/s1. The average molecular weight is 722 g/mol. The normalized spacial score (nSPS) is 45.8. The van der Waals surface area contributed by atoms with E-state index in [0.717, 1.165) is 0 Å². The van der Waals surface area contributed by atoms with E-state index in [4.69, 9.17) is 23.7 Å². The van der Waals surface area contributed by atoms with E-state index in [1.807, 2.05) is 13.0 Å². The monoisotopic (exact) mass is 721 g/mol. The maximum Gasteiger partial charge on any atom is 0.330 e. The average Bonchev–Trinajstić information content (AvgIpc) is 3.77. The highest BCUT2D eigenvalue weighted by Gasteiger charge is 2.51. The highest BCUT2D eigenvalue weighted by atomic mass is 16.7. The van der Waals surface area contributed by atoms with Gasteiger partial charge in [0.15, 0.2) is 12.1 Å². The molecule has 284 valence electrons. The topological polar surface area (TPSA) is 234 Å². The van der Waals surface area contributed by atoms with Crippen LogP contribution in [0.3, 0.4) is 0 Å². The van der Waals surface area contributed by atoms with Crippen LogP contribution in [0.1, 0.15) is 53.4 Å². The van der Waals surface area contributed by atoms with Crippen molar-refractivity contribution in [2.24, 2.45) is 11.8 Å². The Morgan fingerprint density at radius 3 is 2.20 bits per heavy atom. The Bertz CT molecular complexity index is 1360. The molecule has 0 aromatic carbocycles. The summed E-state index contributed by atoms with van der Waals surface area (Å²) in [5.41, 5.74) is 0. The van der Waals surface area contributed by atoms with E-state index in [-0.39, 0.29) is 25.2 Å². The Morgan fingerprint density at radius 2 is 1.53 bits per heavy atom. The largest absolute Gasteiger partial charge is 0.481 e. The summed E-state index contributed by atoms with van der Waals surface area (Å²) in [5, 5.41) is 67.5. The maximum atomic E-state index is 12.4. The number of esters is 1. The van der Waals surface area contributed by atoms with Crippen molar-refractivity contribution in [3.05, 3.63) is 60.8 Å². The Labute approximate surface area is 296 Å². The number of cyclic esters (lactones) is 1. The highest BCUT2D eigenvalue weighted by Crippen LogP contribution is 2.39. The number of carbonyl (C=O) groups is 3. The van der Waals surface area contributed by atoms with Crippen molar-refractivity contribution < 1.29 is 68.7 Å². The van der Waals surface area contributed by atoms with Gasteiger partial charge in [-0.15, -0.1) is 0 Å². The van der Waals surface area contributed by atoms with Crippen molar-refractivity contribution in [1.82, 2.24) is 5.32 Å². The first-order valence-electron chi connectivity index (χ1n) is 17.2. The molecule has 0 radical (unpaired) electrons. The van der Waals surface area contributed by atoms with Crippen LogP contribution < -0.4 is 5.32 Å². The van der Waals surface area contributed by atoms with Crippen LogP contribution in [0.15, 0.2) is 60.8 Å². The number of hydrogen-bond donors (Lipinski definition) is 7. The summed E-state index contributed by atoms with van der Waals surface area (Å²) in [6.07, 6.45) is 3.90. The molecule has 0 saturated carbocycles. The van der Waals surface area contributed by atoms with E-state index in [2.05, 4.69) is 5.32 Å². The summed E-state index contributed by atoms with van der Waals surface area (Å²) in [7, 11) is 0. The summed E-state index contributed by atoms with van der Waals surface area (Å²) in [5.74, 6) is -6.15. The number of allylic oxidation sites excluding steroid dienone is 6. The van der Waals surface area contributed by atoms with Gasteiger partial charge in [-0.2, -0.15) is 0 Å². The Kier molecular flexibility index (Phi) is 14.3. The predicted octanol–water partition coefficient (Wildman–Crippen LogP) is 0.543. The molecule has 0 spiro atoms. The molecule has 2 bridgehead atoms. The number of ether oxygens (including phenoxy) is 5. The molecule has 15 atom stereocenters. The third-order valence-electron chi connectivity index (χ3n) is 9.43. The van der Waals surface area contributed by atoms with Crippen LogP contribution in [-0.4, -0.2) is 128 Å². The van der Waals surface area contributed by atoms with E-state index in [9.17, 15) is 45.0 Å². The minimum atomic E-state index is -2.14. The van der Waals surface area contributed by atoms with Crippen molar-refractivity contribution in [2.75, 3.05) is 0 Å². The SMILES string of the molecule is CC(=O)N[C@@H]1[C@H](O)[C@H](O[C@@H]2/C=C/C=C/C=C/C=C/C(C)C(C)OC(=O)/C=C/[C@@H]3O[C@H]3C[C@@H](O)C[C@@]3(O)C[C@@H](O)[C@H](C(=O)O)[C@@H](C2)O3)O[C@H](C)[C@H]1O. The lowest BCUT2D eigenvalue weighted by Crippen LogP contribution is -2.64. The zero-order valence-corrected chi connectivity index (χ0v) is 29.1. The van der Waals surface area contributed by atoms with Crippen LogP contribution in [0.25, 0.3) is 0 Å². The van der Waals surface area contributed by atoms with E-state index in [0.29, 0.717) is 0 Å². The van der Waals surface area contributed by atoms with E-state index in [1.54, 1.807) is 49.5 Å². The van der Waals surface area contributed by atoms with Gasteiger partial charge in [-0.25, -0.2) is 4.79 Å². The smallest absolute Gasteiger partial charge is 0.330 e. The minimum absolute atomic E-state index is 0.0574. The fraction of sp³-hybridized carbons (Fsp3) is 0.639. The van der Waals surface area contributed by atoms with Crippen LogP contribution in [0.5, 0.6) is 0 Å². The number of aliphatic hydroxyl groups excluding tert-OH is 4. The molecule has 7 N–H and O–H groups in total. The summed E-state index contributed by atoms with van der Waals surface area (Å²) in [6, 6.07) is -1.14. The summed E-state index contributed by atoms with van der Waals surface area (Å²) < 4.78 is 28.8. The molecule has 4 heterocycles. The second-order valence-corrected chi connectivity index (χ2v) is 13.7. The quantitative estimate of drug-likeness (QED) is 0.155. The van der Waals surface area contributed by atoms with Gasteiger partial charge in [-0.1, -0.05) is 55.5 Å². The van der Waals surface area contributed by atoms with Crippen LogP contribution in [0.2, 0.25) is 0 Å². The lowest BCUT2D eigenvalue weighted by molar-refractivity contribution is -0.308. The molecule has 3 saturated heterocycles. The molecule has 4 aliphatic rings. The predicted molar refractivity (Wildman–Crippen MR) is 179 cm³/mol. The zero-order chi connectivity index (χ0) is 37.5. The van der Waals surface area contributed by atoms with Crippen molar-refractivity contribution in [3.8, 4) is 0 Å². The number of carboxylic acid groups (broad SMARTS) is 1. The van der Waals surface area contributed by atoms with Crippen molar-refractivity contribution in [3.63, 3.8) is 0 Å². The molecule has 15 heteroatoms. The Morgan fingerprint density at radius 1 is 0.863 bits per heavy atom. The van der Waals surface area contributed by atoms with Gasteiger partial charge >= 0.3 is 11.9 Å². The number of hydrogen-bond acceptors (Lipinski definition) is 13. The van der Waals surface area contributed by atoms with Gasteiger partial charge in [0.05, 0.1) is 42.7 Å². The fourth-order valence-electron chi connectivity index (χ4n) is 6.47. The molecule has 0 aliphatic carbocycles. The van der Waals surface area contributed by atoms with Gasteiger partial charge in [0.1, 0.15) is 30.3 Å². The summed E-state index contributed by atoms with van der Waals surface area (Å²) in [4.78, 5) is 36.5. The molecule has 3 fully saturated rings. The molecule has 4 rings (SSSR count). The van der Waals surface area contributed by atoms with Crippen molar-refractivity contribution >= 4 is 17.8 Å². The van der Waals surface area contributed by atoms with Gasteiger partial charge < -0.3 is 59.6 Å². The molecule has 2 unspecified atom stereocenters. The number of fused-ring (bicyclic) bond motifs is 3. The van der Waals surface area contributed by atoms with Gasteiger partial charge in [0.25, 0.3) is 0 Å². The fourth-order valence-corrected chi connectivity index (χ4v) is 6.47. The maximum absolute atomic E-state index is 12.4. The molecule has 51 heavy (non-hydrogen) atoms. The highest BCUT2D eigenvalue weighted by molar-refractivity contribution is 5.82. The van der Waals surface area contributed by atoms with Crippen LogP contribution in [0.4, 0.5) is 0 Å². The lowest BCUT2D eigenvalue weighted by Gasteiger charge is -2.45. The lowest BCUT2D eigenvalue weighted by atomic mass is 9.83. The number of carbonyl (C=O) groups excluding carboxylic acids is 2. The first-order valence-corrected chi connectivity index (χ1v) is 17.2. The number of aliphatic carboxylic acids is 1. The minimum Gasteiger partial charge on any atom is -0.481 e. The summed E-state index contributed by atoms with van der Waals surface area (Å²) >= 11 is 0. The van der Waals surface area contributed by atoms with Gasteiger partial charge in [-0.3, -0.25) is 9.59 Å². The van der Waals surface area contributed by atoms with Crippen molar-refractivity contribution in [2.45, 2.75) is 133 Å². The number of rotatable bonds is 4. The molecule has 4 aliphatic heterocycles. The third kappa shape index (κ3) is 11.6. The third-order valence-corrected chi connectivity index (χ3v) is 9.43. The Hall–Kier alpha value is -3.25. The molecule has 15 nitrogen and oxygen atoms in total. The van der Waals surface area contributed by atoms with Gasteiger partial charge in [0.2, 0.25) is 5.91 Å². The van der Waals surface area contributed by atoms with Gasteiger partial charge in [0, 0.05) is 44.6 Å². The van der Waals surface area contributed by atoms with E-state index in [1.165, 1.54) is 26.0 Å². The Balaban J connectivity index is 1.62. The van der Waals surface area contributed by atoms with E-state index < -0.39 is 109 Å². The number of amides is 1. The molecule has 0 aromatic heterocycles. The van der Waals surface area contributed by atoms with Crippen molar-refractivity contribution in [1.29, 1.82) is 0 Å². The second-order valence-electron chi connectivity index (χ2n) is 13.7. The zero-order valence-electron chi connectivity index (χ0n) is 29.1. The summed E-state index contributed by atoms with van der Waals surface area (Å²) in [6.45, 7) is 6.45.